The van der Waals surface area contributed by atoms with Crippen LogP contribution in [0.1, 0.15) is 17.2 Å². The van der Waals surface area contributed by atoms with E-state index in [2.05, 4.69) is 9.97 Å². The molecule has 2 N–H and O–H groups in total. The minimum Gasteiger partial charge on any atom is -0.325 e. The lowest BCUT2D eigenvalue weighted by molar-refractivity contribution is 0.629. The third kappa shape index (κ3) is 3.81. The van der Waals surface area contributed by atoms with Crippen LogP contribution >= 0.6 is 11.6 Å². The fraction of sp³-hybridized carbons (Fsp3) is 0.0455. The van der Waals surface area contributed by atoms with E-state index in [1.54, 1.807) is 36.4 Å². The van der Waals surface area contributed by atoms with Crippen LogP contribution in [0.15, 0.2) is 65.5 Å². The highest BCUT2D eigenvalue weighted by Crippen LogP contribution is 2.22. The van der Waals surface area contributed by atoms with E-state index in [1.165, 1.54) is 22.8 Å². The largest absolute Gasteiger partial charge is 0.325 e. The molecule has 0 fully saturated rings. The molecule has 0 saturated carbocycles. The van der Waals surface area contributed by atoms with E-state index in [1.807, 2.05) is 18.2 Å². The monoisotopic (exact) mass is 406 g/mol. The third-order valence-corrected chi connectivity index (χ3v) is 4.71. The maximum atomic E-state index is 13.7. The Hall–Kier alpha value is -3.35. The van der Waals surface area contributed by atoms with Gasteiger partial charge >= 0.3 is 0 Å². The van der Waals surface area contributed by atoms with Crippen molar-refractivity contribution in [2.75, 3.05) is 0 Å². The van der Waals surface area contributed by atoms with Crippen LogP contribution in [0.5, 0.6) is 0 Å². The van der Waals surface area contributed by atoms with Gasteiger partial charge in [-0.1, -0.05) is 29.8 Å². The molecular formula is C22H16ClFN4O. The first kappa shape index (κ1) is 19.0. The minimum atomic E-state index is -0.506. The highest BCUT2D eigenvalue weighted by molar-refractivity contribution is 6.32. The highest BCUT2D eigenvalue weighted by atomic mass is 35.5. The predicted octanol–water partition coefficient (Wildman–Crippen LogP) is 4.20. The fourth-order valence-corrected chi connectivity index (χ4v) is 3.24. The Bertz CT molecular complexity index is 1300. The van der Waals surface area contributed by atoms with E-state index in [0.717, 1.165) is 5.69 Å². The molecule has 4 rings (SSSR count). The smallest absolute Gasteiger partial charge is 0.266 e. The summed E-state index contributed by atoms with van der Waals surface area (Å²) < 4.78 is 15.1. The molecule has 0 atom stereocenters. The van der Waals surface area contributed by atoms with E-state index in [-0.39, 0.29) is 5.39 Å². The Morgan fingerprint density at radius 1 is 1.03 bits per heavy atom. The summed E-state index contributed by atoms with van der Waals surface area (Å²) in [5, 5.41) is 0.551. The van der Waals surface area contributed by atoms with Crippen molar-refractivity contribution >= 4 is 34.7 Å². The molecule has 0 aliphatic rings. The molecule has 144 valence electrons. The van der Waals surface area contributed by atoms with Crippen LogP contribution in [0.4, 0.5) is 4.39 Å². The summed E-state index contributed by atoms with van der Waals surface area (Å²) in [6.07, 6.45) is 3.42. The normalized spacial score (nSPS) is 11.4. The summed E-state index contributed by atoms with van der Waals surface area (Å²) in [6, 6.07) is 16.4. The van der Waals surface area contributed by atoms with Crippen molar-refractivity contribution in [1.29, 1.82) is 0 Å². The van der Waals surface area contributed by atoms with Crippen LogP contribution in [0.3, 0.4) is 0 Å². The maximum Gasteiger partial charge on any atom is 0.266 e. The topological polar surface area (TPSA) is 73.8 Å². The summed E-state index contributed by atoms with van der Waals surface area (Å²) in [4.78, 5) is 22.2. The van der Waals surface area contributed by atoms with Gasteiger partial charge in [0.15, 0.2) is 0 Å². The lowest BCUT2D eigenvalue weighted by Crippen LogP contribution is -2.22. The number of nitrogens with two attached hydrogens (primary N) is 1. The Labute approximate surface area is 170 Å². The summed E-state index contributed by atoms with van der Waals surface area (Å²) >= 11 is 6.33. The second kappa shape index (κ2) is 7.95. The molecule has 0 aliphatic heterocycles. The van der Waals surface area contributed by atoms with Crippen LogP contribution in [0.2, 0.25) is 5.02 Å². The molecular weight excluding hydrogens is 391 g/mol. The van der Waals surface area contributed by atoms with Crippen LogP contribution in [0, 0.1) is 5.82 Å². The molecule has 0 aliphatic carbocycles. The van der Waals surface area contributed by atoms with Crippen molar-refractivity contribution in [3.8, 4) is 5.69 Å². The van der Waals surface area contributed by atoms with Gasteiger partial charge in [0.05, 0.1) is 33.0 Å². The Morgan fingerprint density at radius 2 is 1.86 bits per heavy atom. The van der Waals surface area contributed by atoms with Crippen molar-refractivity contribution in [1.82, 2.24) is 14.5 Å². The van der Waals surface area contributed by atoms with Crippen LogP contribution in [-0.2, 0) is 6.54 Å². The molecule has 0 saturated heterocycles. The number of halogens is 2. The zero-order chi connectivity index (χ0) is 20.4. The quantitative estimate of drug-likeness (QED) is 0.551. The number of para-hydroxylation sites is 1. The van der Waals surface area contributed by atoms with Gasteiger partial charge in [0, 0.05) is 6.54 Å². The van der Waals surface area contributed by atoms with Gasteiger partial charge in [-0.3, -0.25) is 14.3 Å². The predicted molar refractivity (Wildman–Crippen MR) is 113 cm³/mol. The van der Waals surface area contributed by atoms with E-state index >= 15 is 0 Å². The molecule has 29 heavy (non-hydrogen) atoms. The first-order valence-corrected chi connectivity index (χ1v) is 9.26. The Kier molecular flexibility index (Phi) is 5.20. The molecule has 2 aromatic heterocycles. The van der Waals surface area contributed by atoms with Crippen molar-refractivity contribution in [2.24, 2.45) is 5.73 Å². The molecule has 0 unspecified atom stereocenters. The summed E-state index contributed by atoms with van der Waals surface area (Å²) in [5.41, 5.74) is 7.51. The average molecular weight is 407 g/mol. The number of hydrogen-bond donors (Lipinski definition) is 1. The molecule has 0 spiro atoms. The molecule has 2 aromatic carbocycles. The Balaban J connectivity index is 1.95. The van der Waals surface area contributed by atoms with Crippen molar-refractivity contribution in [3.63, 3.8) is 0 Å². The number of hydrogen-bond acceptors (Lipinski definition) is 4. The lowest BCUT2D eigenvalue weighted by Gasteiger charge is -2.12. The SMILES string of the molecule is NCc1cccc(/C=C/c2nc3ccc(F)cc3c(=O)n2-c2ccccc2Cl)n1. The number of benzene rings is 2. The second-order valence-corrected chi connectivity index (χ2v) is 6.72. The number of pyridine rings is 1. The van der Waals surface area contributed by atoms with Crippen LogP contribution in [0.25, 0.3) is 28.7 Å². The number of fused-ring (bicyclic) bond motifs is 1. The zero-order valence-corrected chi connectivity index (χ0v) is 16.0. The number of aromatic nitrogens is 3. The van der Waals surface area contributed by atoms with Crippen LogP contribution < -0.4 is 11.3 Å². The van der Waals surface area contributed by atoms with E-state index in [0.29, 0.717) is 34.3 Å². The fourth-order valence-electron chi connectivity index (χ4n) is 3.02. The van der Waals surface area contributed by atoms with Gasteiger partial charge in [-0.15, -0.1) is 0 Å². The molecule has 0 radical (unpaired) electrons. The standard InChI is InChI=1S/C22H16ClFN4O/c23-18-6-1-2-7-20(18)28-21(11-9-15-4-3-5-16(13-25)26-15)27-19-10-8-14(24)12-17(19)22(28)29/h1-12H,13,25H2/b11-9+. The molecule has 4 aromatic rings. The molecule has 0 bridgehead atoms. The Morgan fingerprint density at radius 3 is 2.66 bits per heavy atom. The van der Waals surface area contributed by atoms with E-state index in [9.17, 15) is 9.18 Å². The van der Waals surface area contributed by atoms with Gasteiger partial charge in [0.25, 0.3) is 5.56 Å². The zero-order valence-electron chi connectivity index (χ0n) is 15.2. The van der Waals surface area contributed by atoms with Gasteiger partial charge < -0.3 is 5.73 Å². The molecule has 2 heterocycles. The number of rotatable bonds is 4. The number of nitrogens with zero attached hydrogens (tertiary/aromatic N) is 3. The average Bonchev–Trinajstić information content (AvgIpc) is 2.74. The molecule has 7 heteroatoms. The van der Waals surface area contributed by atoms with Gasteiger partial charge in [-0.05, 0) is 54.6 Å². The highest BCUT2D eigenvalue weighted by Gasteiger charge is 2.14. The minimum absolute atomic E-state index is 0.172. The van der Waals surface area contributed by atoms with Gasteiger partial charge in [0.1, 0.15) is 11.6 Å². The van der Waals surface area contributed by atoms with Crippen molar-refractivity contribution in [2.45, 2.75) is 6.54 Å². The summed E-state index contributed by atoms with van der Waals surface area (Å²) in [7, 11) is 0. The molecule has 0 amide bonds. The van der Waals surface area contributed by atoms with Crippen molar-refractivity contribution < 1.29 is 4.39 Å². The van der Waals surface area contributed by atoms with Gasteiger partial charge in [-0.2, -0.15) is 0 Å². The second-order valence-electron chi connectivity index (χ2n) is 6.31. The van der Waals surface area contributed by atoms with Crippen LogP contribution in [-0.4, -0.2) is 14.5 Å². The summed E-state index contributed by atoms with van der Waals surface area (Å²) in [5.74, 6) is -0.157. The van der Waals surface area contributed by atoms with Gasteiger partial charge in [0.2, 0.25) is 0 Å². The maximum absolute atomic E-state index is 13.7. The van der Waals surface area contributed by atoms with Crippen molar-refractivity contribution in [3.05, 3.63) is 99.1 Å². The first-order chi connectivity index (χ1) is 14.1. The van der Waals surface area contributed by atoms with Gasteiger partial charge in [-0.25, -0.2) is 9.37 Å². The first-order valence-electron chi connectivity index (χ1n) is 8.88. The van der Waals surface area contributed by atoms with E-state index < -0.39 is 11.4 Å². The third-order valence-electron chi connectivity index (χ3n) is 4.39. The lowest BCUT2D eigenvalue weighted by atomic mass is 10.2. The molecule has 5 nitrogen and oxygen atoms in total. The van der Waals surface area contributed by atoms with E-state index in [4.69, 9.17) is 17.3 Å². The summed E-state index contributed by atoms with van der Waals surface area (Å²) in [6.45, 7) is 0.325.